The van der Waals surface area contributed by atoms with Crippen molar-refractivity contribution >= 4 is 28.4 Å². The van der Waals surface area contributed by atoms with E-state index in [0.29, 0.717) is 35.8 Å². The van der Waals surface area contributed by atoms with Gasteiger partial charge in [0, 0.05) is 40.3 Å². The van der Waals surface area contributed by atoms with E-state index in [1.54, 1.807) is 5.57 Å². The lowest BCUT2D eigenvalue weighted by Gasteiger charge is -2.43. The molecule has 6 aliphatic carbocycles. The van der Waals surface area contributed by atoms with E-state index in [9.17, 15) is 0 Å². The summed E-state index contributed by atoms with van der Waals surface area (Å²) in [5.41, 5.74) is 13.2. The zero-order valence-corrected chi connectivity index (χ0v) is 29.1. The molecule has 3 aromatic rings. The fourth-order valence-electron chi connectivity index (χ4n) is 10.4. The molecule has 0 N–H and O–H groups in total. The number of allylic oxidation sites excluding steroid dienone is 14. The van der Waals surface area contributed by atoms with Gasteiger partial charge in [-0.05, 0) is 128 Å². The van der Waals surface area contributed by atoms with Crippen LogP contribution in [0.5, 0.6) is 0 Å². The van der Waals surface area contributed by atoms with Crippen LogP contribution in [0, 0.1) is 17.8 Å². The number of hydrogen-bond acceptors (Lipinski definition) is 1. The van der Waals surface area contributed by atoms with Crippen LogP contribution < -0.4 is 4.90 Å². The van der Waals surface area contributed by atoms with Crippen molar-refractivity contribution in [3.63, 3.8) is 0 Å². The summed E-state index contributed by atoms with van der Waals surface area (Å²) in [5, 5.41) is 1.41. The van der Waals surface area contributed by atoms with Gasteiger partial charge in [0.15, 0.2) is 0 Å². The first-order valence-corrected chi connectivity index (χ1v) is 19.5. The van der Waals surface area contributed by atoms with Gasteiger partial charge in [0.25, 0.3) is 0 Å². The summed E-state index contributed by atoms with van der Waals surface area (Å²) in [6, 6.07) is 19.3. The molecule has 50 heavy (non-hydrogen) atoms. The Morgan fingerprint density at radius 3 is 2.56 bits per heavy atom. The highest BCUT2D eigenvalue weighted by Crippen LogP contribution is 2.50. The lowest BCUT2D eigenvalue weighted by Crippen LogP contribution is -2.45. The maximum atomic E-state index is 2.88. The van der Waals surface area contributed by atoms with Crippen LogP contribution in [-0.4, -0.2) is 16.7 Å². The first-order valence-electron chi connectivity index (χ1n) is 19.5. The third-order valence-corrected chi connectivity index (χ3v) is 12.8. The molecular weight excluding hydrogens is 605 g/mol. The van der Waals surface area contributed by atoms with Crippen molar-refractivity contribution < 1.29 is 0 Å². The molecule has 10 rings (SSSR count). The number of hydrogen-bond donors (Lipinski definition) is 0. The highest BCUT2D eigenvalue weighted by atomic mass is 15.2. The molecule has 0 spiro atoms. The van der Waals surface area contributed by atoms with Crippen LogP contribution in [0.1, 0.15) is 80.5 Å². The molecule has 0 bridgehead atoms. The Bertz CT molecular complexity index is 2120. The first kappa shape index (κ1) is 30.3. The van der Waals surface area contributed by atoms with E-state index in [-0.39, 0.29) is 0 Å². The number of para-hydroxylation sites is 2. The predicted octanol–water partition coefficient (Wildman–Crippen LogP) is 11.8. The van der Waals surface area contributed by atoms with Crippen LogP contribution in [0.15, 0.2) is 144 Å². The van der Waals surface area contributed by atoms with Crippen molar-refractivity contribution in [2.24, 2.45) is 17.8 Å². The van der Waals surface area contributed by atoms with E-state index in [0.717, 1.165) is 25.7 Å². The molecule has 0 saturated heterocycles. The zero-order chi connectivity index (χ0) is 33.0. The van der Waals surface area contributed by atoms with Crippen LogP contribution >= 0.6 is 0 Å². The zero-order valence-electron chi connectivity index (χ0n) is 29.1. The third-order valence-electron chi connectivity index (χ3n) is 12.8. The molecule has 6 atom stereocenters. The van der Waals surface area contributed by atoms with E-state index in [1.165, 1.54) is 88.8 Å². The minimum atomic E-state index is 0.352. The monoisotopic (exact) mass is 652 g/mol. The number of nitrogens with zero attached hydrogens (tertiary/aromatic N) is 2. The Morgan fingerprint density at radius 2 is 1.68 bits per heavy atom. The Hall–Kier alpha value is -4.56. The summed E-state index contributed by atoms with van der Waals surface area (Å²) in [7, 11) is 0. The molecule has 7 aliphatic rings. The molecule has 0 amide bonds. The molecule has 6 unspecified atom stereocenters. The van der Waals surface area contributed by atoms with Gasteiger partial charge in [-0.1, -0.05) is 109 Å². The maximum Gasteiger partial charge on any atom is 0.0586 e. The van der Waals surface area contributed by atoms with E-state index >= 15 is 0 Å². The standard InChI is InChI=1S/C48H48N2/c1-4-14-33(15-5-1)37-28-38(34-16-6-2-7-17-34)30-40(29-37)50-45-22-12-10-20-41(45)43-26-24-36(32-48(43)50)35-25-27-47-44(31-35)42-21-11-13-23-46(42)49(47)39-18-8-3-9-19-39/h3-4,6,8,10-16,18,20-28,32,34-35,38,40,43,48H,1-2,5,7,9,17,19,29-31H2. The predicted molar refractivity (Wildman–Crippen MR) is 211 cm³/mol. The number of benzene rings is 2. The minimum absolute atomic E-state index is 0.352. The molecule has 2 aromatic carbocycles. The van der Waals surface area contributed by atoms with Crippen LogP contribution in [0.3, 0.4) is 0 Å². The van der Waals surface area contributed by atoms with Crippen molar-refractivity contribution in [3.8, 4) is 0 Å². The highest BCUT2D eigenvalue weighted by molar-refractivity contribution is 5.92. The summed E-state index contributed by atoms with van der Waals surface area (Å²) in [6.07, 6.45) is 46.4. The van der Waals surface area contributed by atoms with Crippen LogP contribution in [-0.2, 0) is 6.42 Å². The molecule has 1 aromatic heterocycles. The van der Waals surface area contributed by atoms with E-state index < -0.39 is 0 Å². The smallest absolute Gasteiger partial charge is 0.0586 e. The quantitative estimate of drug-likeness (QED) is 0.249. The number of anilines is 1. The summed E-state index contributed by atoms with van der Waals surface area (Å²) in [5.74, 6) is 2.04. The average molecular weight is 653 g/mol. The van der Waals surface area contributed by atoms with E-state index in [4.69, 9.17) is 0 Å². The van der Waals surface area contributed by atoms with Gasteiger partial charge in [0.1, 0.15) is 0 Å². The molecule has 0 fully saturated rings. The maximum absolute atomic E-state index is 2.88. The van der Waals surface area contributed by atoms with Gasteiger partial charge in [0.2, 0.25) is 0 Å². The lowest BCUT2D eigenvalue weighted by atomic mass is 9.73. The fourth-order valence-corrected chi connectivity index (χ4v) is 10.4. The topological polar surface area (TPSA) is 8.17 Å². The van der Waals surface area contributed by atoms with Crippen molar-refractivity contribution in [3.05, 3.63) is 161 Å². The van der Waals surface area contributed by atoms with Gasteiger partial charge < -0.3 is 9.47 Å². The van der Waals surface area contributed by atoms with E-state index in [2.05, 4.69) is 143 Å². The van der Waals surface area contributed by atoms with Crippen molar-refractivity contribution in [2.45, 2.75) is 82.2 Å². The van der Waals surface area contributed by atoms with Crippen molar-refractivity contribution in [1.29, 1.82) is 0 Å². The summed E-state index contributed by atoms with van der Waals surface area (Å²) >= 11 is 0. The highest BCUT2D eigenvalue weighted by Gasteiger charge is 2.43. The Labute approximate surface area is 298 Å². The van der Waals surface area contributed by atoms with Crippen molar-refractivity contribution in [1.82, 2.24) is 4.57 Å². The molecule has 250 valence electrons. The molecule has 0 radical (unpaired) electrons. The largest absolute Gasteiger partial charge is 0.361 e. The first-order chi connectivity index (χ1) is 24.8. The van der Waals surface area contributed by atoms with Gasteiger partial charge in [-0.25, -0.2) is 0 Å². The summed E-state index contributed by atoms with van der Waals surface area (Å²) in [4.78, 5) is 2.88. The van der Waals surface area contributed by atoms with Gasteiger partial charge >= 0.3 is 0 Å². The second kappa shape index (κ2) is 12.6. The lowest BCUT2D eigenvalue weighted by molar-refractivity contribution is 0.341. The van der Waals surface area contributed by atoms with Crippen LogP contribution in [0.25, 0.3) is 22.7 Å². The number of fused-ring (bicyclic) bond motifs is 6. The van der Waals surface area contributed by atoms with Gasteiger partial charge in [-0.15, -0.1) is 0 Å². The van der Waals surface area contributed by atoms with Crippen LogP contribution in [0.4, 0.5) is 5.69 Å². The molecule has 2 heterocycles. The normalized spacial score (nSPS) is 29.6. The second-order valence-corrected chi connectivity index (χ2v) is 15.6. The fraction of sp³-hybridized carbons (Fsp3) is 0.333. The van der Waals surface area contributed by atoms with Crippen LogP contribution in [0.2, 0.25) is 0 Å². The molecule has 2 heteroatoms. The average Bonchev–Trinajstić information content (AvgIpc) is 3.71. The second-order valence-electron chi connectivity index (χ2n) is 15.6. The molecular formula is C48H48N2. The summed E-state index contributed by atoms with van der Waals surface area (Å²) < 4.78 is 2.54. The molecule has 0 saturated carbocycles. The van der Waals surface area contributed by atoms with Crippen molar-refractivity contribution in [2.75, 3.05) is 4.90 Å². The Morgan fingerprint density at radius 1 is 0.740 bits per heavy atom. The molecule has 2 nitrogen and oxygen atoms in total. The SMILES string of the molecule is C1=CCCC(n2c3c(c4ccccc42)CC(C2=CC4C(C=C2)c2ccccc2N4C2CC(C4=CCCC=C4)=CC(C4C=CCCC4)C2)C=C3)=C1. The summed E-state index contributed by atoms with van der Waals surface area (Å²) in [6.45, 7) is 0. The van der Waals surface area contributed by atoms with Gasteiger partial charge in [-0.3, -0.25) is 0 Å². The number of aromatic nitrogens is 1. The minimum Gasteiger partial charge on any atom is -0.361 e. The van der Waals surface area contributed by atoms with Gasteiger partial charge in [0.05, 0.1) is 11.6 Å². The number of rotatable bonds is 5. The van der Waals surface area contributed by atoms with E-state index in [1.807, 2.05) is 0 Å². The Balaban J connectivity index is 1.01. The Kier molecular flexibility index (Phi) is 7.66. The third kappa shape index (κ3) is 5.13. The van der Waals surface area contributed by atoms with Gasteiger partial charge in [-0.2, -0.15) is 0 Å². The molecule has 1 aliphatic heterocycles.